The van der Waals surface area contributed by atoms with E-state index in [0.29, 0.717) is 11.5 Å². The zero-order valence-electron chi connectivity index (χ0n) is 12.1. The van der Waals surface area contributed by atoms with Crippen molar-refractivity contribution in [2.45, 2.75) is 72.8 Å². The molecule has 16 heavy (non-hydrogen) atoms. The smallest absolute Gasteiger partial charge is 0.00673 e. The Morgan fingerprint density at radius 2 is 1.69 bits per heavy atom. The van der Waals surface area contributed by atoms with Gasteiger partial charge in [-0.3, -0.25) is 0 Å². The van der Waals surface area contributed by atoms with Crippen LogP contribution in [-0.2, 0) is 0 Å². The van der Waals surface area contributed by atoms with Crippen molar-refractivity contribution < 1.29 is 0 Å². The normalized spacial score (nSPS) is 14.4. The molecule has 0 bridgehead atoms. The molecule has 0 saturated heterocycles. The minimum absolute atomic E-state index is 0.461. The average molecular weight is 226 g/mol. The van der Waals surface area contributed by atoms with Crippen LogP contribution in [0.15, 0.2) is 0 Å². The summed E-state index contributed by atoms with van der Waals surface area (Å²) in [6.45, 7) is 16.6. The van der Waals surface area contributed by atoms with Crippen molar-refractivity contribution in [3.63, 3.8) is 0 Å². The number of nitrogens with one attached hydrogen (secondary N) is 1. The lowest BCUT2D eigenvalue weighted by atomic mass is 9.87. The van der Waals surface area contributed by atoms with E-state index in [9.17, 15) is 0 Å². The fourth-order valence-electron chi connectivity index (χ4n) is 1.80. The molecule has 1 nitrogen and oxygen atoms in total. The number of rotatable bonds is 8. The van der Waals surface area contributed by atoms with Crippen molar-refractivity contribution in [2.75, 3.05) is 6.54 Å². The van der Waals surface area contributed by atoms with Crippen LogP contribution in [0.5, 0.6) is 0 Å². The predicted molar refractivity (Wildman–Crippen MR) is 74.5 cm³/mol. The molecule has 0 aliphatic heterocycles. The van der Waals surface area contributed by atoms with Crippen molar-refractivity contribution in [2.24, 2.45) is 11.3 Å². The Morgan fingerprint density at radius 1 is 1.06 bits per heavy atom. The molecule has 0 aliphatic rings. The van der Waals surface area contributed by atoms with Gasteiger partial charge in [-0.15, -0.1) is 0 Å². The van der Waals surface area contributed by atoms with Crippen LogP contribution in [0.25, 0.3) is 0 Å². The highest BCUT2D eigenvalue weighted by Crippen LogP contribution is 2.23. The van der Waals surface area contributed by atoms with Crippen LogP contribution < -0.4 is 5.32 Å². The van der Waals surface area contributed by atoms with E-state index in [2.05, 4.69) is 46.9 Å². The summed E-state index contributed by atoms with van der Waals surface area (Å²) < 4.78 is 0. The SMILES string of the molecule is [CH2]CCNC(CCC(C)C)CCC(C)(C)C. The second kappa shape index (κ2) is 8.11. The van der Waals surface area contributed by atoms with Crippen molar-refractivity contribution in [1.82, 2.24) is 5.32 Å². The standard InChI is InChI=1S/C15H32N/c1-7-12-16-14(9-8-13(2)3)10-11-15(4,5)6/h13-14,16H,1,7-12H2,2-6H3. The van der Waals surface area contributed by atoms with Gasteiger partial charge in [0.1, 0.15) is 0 Å². The molecule has 1 heteroatoms. The molecular weight excluding hydrogens is 194 g/mol. The molecule has 0 amide bonds. The lowest BCUT2D eigenvalue weighted by Gasteiger charge is -2.24. The molecule has 0 fully saturated rings. The van der Waals surface area contributed by atoms with Crippen molar-refractivity contribution in [3.05, 3.63) is 6.92 Å². The Kier molecular flexibility index (Phi) is 8.09. The Labute approximate surface area is 103 Å². The fraction of sp³-hybridized carbons (Fsp3) is 0.933. The van der Waals surface area contributed by atoms with Gasteiger partial charge in [0.15, 0.2) is 0 Å². The molecule has 1 unspecified atom stereocenters. The molecule has 1 radical (unpaired) electrons. The van der Waals surface area contributed by atoms with E-state index in [1.54, 1.807) is 0 Å². The zero-order chi connectivity index (χ0) is 12.6. The van der Waals surface area contributed by atoms with Gasteiger partial charge in [0.05, 0.1) is 0 Å². The zero-order valence-corrected chi connectivity index (χ0v) is 12.1. The third-order valence-corrected chi connectivity index (χ3v) is 2.95. The minimum Gasteiger partial charge on any atom is -0.314 e. The van der Waals surface area contributed by atoms with E-state index < -0.39 is 0 Å². The van der Waals surface area contributed by atoms with E-state index >= 15 is 0 Å². The largest absolute Gasteiger partial charge is 0.314 e. The first-order chi connectivity index (χ1) is 7.35. The first kappa shape index (κ1) is 16.0. The molecule has 0 rings (SSSR count). The summed E-state index contributed by atoms with van der Waals surface area (Å²) in [6.07, 6.45) is 6.25. The van der Waals surface area contributed by atoms with Gasteiger partial charge in [-0.1, -0.05) is 41.5 Å². The molecule has 0 saturated carbocycles. The predicted octanol–water partition coefficient (Wildman–Crippen LogP) is 4.43. The van der Waals surface area contributed by atoms with Gasteiger partial charge in [-0.05, 0) is 50.0 Å². The summed E-state index contributed by atoms with van der Waals surface area (Å²) >= 11 is 0. The maximum atomic E-state index is 3.90. The molecule has 0 aromatic carbocycles. The van der Waals surface area contributed by atoms with E-state index in [-0.39, 0.29) is 0 Å². The Bertz CT molecular complexity index is 155. The van der Waals surface area contributed by atoms with Crippen LogP contribution in [0.3, 0.4) is 0 Å². The Hall–Kier alpha value is -0.0400. The molecule has 97 valence electrons. The van der Waals surface area contributed by atoms with Crippen LogP contribution in [0.4, 0.5) is 0 Å². The van der Waals surface area contributed by atoms with Crippen LogP contribution >= 0.6 is 0 Å². The first-order valence-corrected chi connectivity index (χ1v) is 6.88. The van der Waals surface area contributed by atoms with E-state index in [1.165, 1.54) is 25.7 Å². The average Bonchev–Trinajstić information content (AvgIpc) is 2.15. The van der Waals surface area contributed by atoms with Crippen LogP contribution in [0.1, 0.15) is 66.7 Å². The molecule has 0 aliphatic carbocycles. The van der Waals surface area contributed by atoms with Gasteiger partial charge in [0.2, 0.25) is 0 Å². The van der Waals surface area contributed by atoms with Crippen LogP contribution in [0.2, 0.25) is 0 Å². The fourth-order valence-corrected chi connectivity index (χ4v) is 1.80. The summed E-state index contributed by atoms with van der Waals surface area (Å²) in [5, 5.41) is 3.63. The van der Waals surface area contributed by atoms with Gasteiger partial charge in [-0.2, -0.15) is 0 Å². The third kappa shape index (κ3) is 10.5. The molecular formula is C15H32N. The van der Waals surface area contributed by atoms with E-state index in [4.69, 9.17) is 0 Å². The van der Waals surface area contributed by atoms with Gasteiger partial charge in [0, 0.05) is 6.04 Å². The monoisotopic (exact) mass is 226 g/mol. The molecule has 0 aromatic heterocycles. The molecule has 0 spiro atoms. The van der Waals surface area contributed by atoms with Gasteiger partial charge in [0.25, 0.3) is 0 Å². The summed E-state index contributed by atoms with van der Waals surface area (Å²) in [7, 11) is 0. The second-order valence-corrected chi connectivity index (χ2v) is 6.58. The lowest BCUT2D eigenvalue weighted by molar-refractivity contribution is 0.315. The van der Waals surface area contributed by atoms with Gasteiger partial charge >= 0.3 is 0 Å². The first-order valence-electron chi connectivity index (χ1n) is 6.88. The summed E-state index contributed by atoms with van der Waals surface area (Å²) in [5.74, 6) is 0.818. The summed E-state index contributed by atoms with van der Waals surface area (Å²) in [5.41, 5.74) is 0.461. The van der Waals surface area contributed by atoms with Crippen molar-refractivity contribution >= 4 is 0 Å². The lowest BCUT2D eigenvalue weighted by Crippen LogP contribution is -2.31. The van der Waals surface area contributed by atoms with Crippen LogP contribution in [0, 0.1) is 18.3 Å². The topological polar surface area (TPSA) is 12.0 Å². The highest BCUT2D eigenvalue weighted by atomic mass is 14.9. The Morgan fingerprint density at radius 3 is 2.12 bits per heavy atom. The third-order valence-electron chi connectivity index (χ3n) is 2.95. The van der Waals surface area contributed by atoms with Gasteiger partial charge < -0.3 is 5.32 Å². The minimum atomic E-state index is 0.461. The molecule has 0 heterocycles. The number of hydrogen-bond acceptors (Lipinski definition) is 1. The van der Waals surface area contributed by atoms with Crippen LogP contribution in [-0.4, -0.2) is 12.6 Å². The highest BCUT2D eigenvalue weighted by Gasteiger charge is 2.15. The second-order valence-electron chi connectivity index (χ2n) is 6.58. The molecule has 1 atom stereocenters. The number of hydrogen-bond donors (Lipinski definition) is 1. The molecule has 1 N–H and O–H groups in total. The maximum absolute atomic E-state index is 3.90. The maximum Gasteiger partial charge on any atom is 0.00673 e. The quantitative estimate of drug-likeness (QED) is 0.645. The van der Waals surface area contributed by atoms with E-state index in [0.717, 1.165) is 18.9 Å². The van der Waals surface area contributed by atoms with E-state index in [1.807, 2.05) is 0 Å². The summed E-state index contributed by atoms with van der Waals surface area (Å²) in [6, 6.07) is 0.698. The molecule has 0 aromatic rings. The highest BCUT2D eigenvalue weighted by molar-refractivity contribution is 4.72. The Balaban J connectivity index is 3.89. The summed E-state index contributed by atoms with van der Waals surface area (Å²) in [4.78, 5) is 0. The van der Waals surface area contributed by atoms with Gasteiger partial charge in [-0.25, -0.2) is 0 Å². The van der Waals surface area contributed by atoms with Crippen molar-refractivity contribution in [1.29, 1.82) is 0 Å². The van der Waals surface area contributed by atoms with Crippen molar-refractivity contribution in [3.8, 4) is 0 Å².